The van der Waals surface area contributed by atoms with Crippen molar-refractivity contribution in [1.29, 1.82) is 0 Å². The zero-order valence-electron chi connectivity index (χ0n) is 9.62. The Morgan fingerprint density at radius 2 is 2.12 bits per heavy atom. The van der Waals surface area contributed by atoms with Crippen LogP contribution in [0.25, 0.3) is 0 Å². The molecule has 1 atom stereocenters. The van der Waals surface area contributed by atoms with E-state index in [0.29, 0.717) is 11.4 Å². The fourth-order valence-electron chi connectivity index (χ4n) is 1.53. The Hall–Kier alpha value is -1.22. The van der Waals surface area contributed by atoms with Crippen molar-refractivity contribution in [2.75, 3.05) is 14.2 Å². The molecule has 88 valence electrons. The van der Waals surface area contributed by atoms with Crippen molar-refractivity contribution in [3.63, 3.8) is 0 Å². The molecule has 4 heteroatoms. The molecule has 0 radical (unpaired) electrons. The Labute approximate surface area is 100 Å². The molecule has 0 aliphatic heterocycles. The van der Waals surface area contributed by atoms with Crippen LogP contribution in [0.2, 0.25) is 5.02 Å². The first-order valence-corrected chi connectivity index (χ1v) is 5.36. The van der Waals surface area contributed by atoms with Crippen LogP contribution in [-0.4, -0.2) is 20.2 Å². The molecule has 1 unspecified atom stereocenters. The second-order valence-electron chi connectivity index (χ2n) is 3.57. The first-order chi connectivity index (χ1) is 7.58. The minimum absolute atomic E-state index is 0.0149. The Bertz CT molecular complexity index is 377. The molecule has 0 amide bonds. The average Bonchev–Trinajstić information content (AvgIpc) is 2.28. The Balaban J connectivity index is 2.92. The number of hydrogen-bond donors (Lipinski definition) is 0. The number of methoxy groups -OCH3 is 2. The summed E-state index contributed by atoms with van der Waals surface area (Å²) in [6.45, 7) is 1.94. The summed E-state index contributed by atoms with van der Waals surface area (Å²) < 4.78 is 9.86. The summed E-state index contributed by atoms with van der Waals surface area (Å²) in [5, 5.41) is 0.632. The van der Waals surface area contributed by atoms with Crippen LogP contribution in [0.3, 0.4) is 0 Å². The smallest absolute Gasteiger partial charge is 0.306 e. The highest BCUT2D eigenvalue weighted by Gasteiger charge is 2.15. The Kier molecular flexibility index (Phi) is 4.62. The molecule has 0 spiro atoms. The zero-order chi connectivity index (χ0) is 12.1. The molecule has 0 aromatic heterocycles. The fourth-order valence-corrected chi connectivity index (χ4v) is 1.71. The molecule has 1 aromatic rings. The van der Waals surface area contributed by atoms with Crippen LogP contribution >= 0.6 is 11.6 Å². The molecule has 0 saturated carbocycles. The average molecular weight is 243 g/mol. The third-order valence-electron chi connectivity index (χ3n) is 2.42. The number of ether oxygens (including phenoxy) is 2. The maximum Gasteiger partial charge on any atom is 0.306 e. The highest BCUT2D eigenvalue weighted by atomic mass is 35.5. The minimum Gasteiger partial charge on any atom is -0.496 e. The third-order valence-corrected chi connectivity index (χ3v) is 2.66. The molecule has 0 N–H and O–H groups in total. The molecule has 0 fully saturated rings. The Morgan fingerprint density at radius 1 is 1.44 bits per heavy atom. The lowest BCUT2D eigenvalue weighted by Gasteiger charge is -2.14. The van der Waals surface area contributed by atoms with E-state index in [1.54, 1.807) is 19.2 Å². The molecule has 0 bridgehead atoms. The second-order valence-corrected chi connectivity index (χ2v) is 4.00. The highest BCUT2D eigenvalue weighted by Crippen LogP contribution is 2.31. The normalized spacial score (nSPS) is 12.0. The van der Waals surface area contributed by atoms with E-state index in [2.05, 4.69) is 4.74 Å². The first-order valence-electron chi connectivity index (χ1n) is 4.98. The molecule has 0 saturated heterocycles. The number of benzene rings is 1. The van der Waals surface area contributed by atoms with Gasteiger partial charge in [-0.2, -0.15) is 0 Å². The first kappa shape index (κ1) is 12.8. The van der Waals surface area contributed by atoms with Gasteiger partial charge in [-0.15, -0.1) is 0 Å². The monoisotopic (exact) mass is 242 g/mol. The number of carbonyl (C=O) groups excluding carboxylic acids is 1. The SMILES string of the molecule is COC(=O)CC(C)c1cc(Cl)ccc1OC. The molecule has 16 heavy (non-hydrogen) atoms. The van der Waals surface area contributed by atoms with Crippen LogP contribution in [0.4, 0.5) is 0 Å². The van der Waals surface area contributed by atoms with E-state index in [0.717, 1.165) is 11.3 Å². The number of halogens is 1. The van der Waals surface area contributed by atoms with Crippen molar-refractivity contribution in [3.8, 4) is 5.75 Å². The molecule has 0 aliphatic rings. The summed E-state index contributed by atoms with van der Waals surface area (Å²) in [4.78, 5) is 11.2. The van der Waals surface area contributed by atoms with E-state index >= 15 is 0 Å². The quantitative estimate of drug-likeness (QED) is 0.762. The summed E-state index contributed by atoms with van der Waals surface area (Å²) in [6.07, 6.45) is 0.313. The van der Waals surface area contributed by atoms with Crippen LogP contribution < -0.4 is 4.74 Å². The van der Waals surface area contributed by atoms with Crippen LogP contribution in [-0.2, 0) is 9.53 Å². The van der Waals surface area contributed by atoms with Crippen LogP contribution in [0, 0.1) is 0 Å². The molecule has 0 aliphatic carbocycles. The lowest BCUT2D eigenvalue weighted by Crippen LogP contribution is -2.07. The lowest BCUT2D eigenvalue weighted by atomic mass is 9.97. The van der Waals surface area contributed by atoms with E-state index in [9.17, 15) is 4.79 Å². The molecule has 1 aromatic carbocycles. The van der Waals surface area contributed by atoms with Gasteiger partial charge in [-0.1, -0.05) is 18.5 Å². The standard InChI is InChI=1S/C12H15ClO3/c1-8(6-12(14)16-3)10-7-9(13)4-5-11(10)15-2/h4-5,7-8H,6H2,1-3H3. The Morgan fingerprint density at radius 3 is 2.69 bits per heavy atom. The molecule has 0 heterocycles. The second kappa shape index (κ2) is 5.75. The third kappa shape index (κ3) is 3.14. The highest BCUT2D eigenvalue weighted by molar-refractivity contribution is 6.30. The van der Waals surface area contributed by atoms with E-state index in [1.807, 2.05) is 13.0 Å². The van der Waals surface area contributed by atoms with Gasteiger partial charge in [0.1, 0.15) is 5.75 Å². The lowest BCUT2D eigenvalue weighted by molar-refractivity contribution is -0.140. The van der Waals surface area contributed by atoms with Gasteiger partial charge in [-0.25, -0.2) is 0 Å². The van der Waals surface area contributed by atoms with Crippen LogP contribution in [0.1, 0.15) is 24.8 Å². The predicted octanol–water partition coefficient (Wildman–Crippen LogP) is 3.02. The van der Waals surface area contributed by atoms with Gasteiger partial charge < -0.3 is 9.47 Å². The van der Waals surface area contributed by atoms with Crippen molar-refractivity contribution < 1.29 is 14.3 Å². The predicted molar refractivity (Wildman–Crippen MR) is 63.1 cm³/mol. The topological polar surface area (TPSA) is 35.5 Å². The number of rotatable bonds is 4. The van der Waals surface area contributed by atoms with Gasteiger partial charge in [-0.05, 0) is 29.7 Å². The fraction of sp³-hybridized carbons (Fsp3) is 0.417. The summed E-state index contributed by atoms with van der Waals surface area (Å²) in [6, 6.07) is 5.37. The largest absolute Gasteiger partial charge is 0.496 e. The van der Waals surface area contributed by atoms with Gasteiger partial charge in [0, 0.05) is 5.02 Å². The number of carbonyl (C=O) groups is 1. The van der Waals surface area contributed by atoms with Crippen molar-refractivity contribution in [1.82, 2.24) is 0 Å². The number of hydrogen-bond acceptors (Lipinski definition) is 3. The summed E-state index contributed by atoms with van der Waals surface area (Å²) >= 11 is 5.92. The maximum atomic E-state index is 11.2. The van der Waals surface area contributed by atoms with Gasteiger partial charge in [-0.3, -0.25) is 4.79 Å². The zero-order valence-corrected chi connectivity index (χ0v) is 10.4. The van der Waals surface area contributed by atoms with E-state index in [-0.39, 0.29) is 11.9 Å². The minimum atomic E-state index is -0.241. The molecule has 1 rings (SSSR count). The van der Waals surface area contributed by atoms with E-state index in [1.165, 1.54) is 7.11 Å². The van der Waals surface area contributed by atoms with Gasteiger partial charge in [0.15, 0.2) is 0 Å². The molecular formula is C12H15ClO3. The number of esters is 1. The van der Waals surface area contributed by atoms with Crippen molar-refractivity contribution in [2.24, 2.45) is 0 Å². The van der Waals surface area contributed by atoms with Gasteiger partial charge in [0.05, 0.1) is 20.6 Å². The summed E-state index contributed by atoms with van der Waals surface area (Å²) in [5.74, 6) is 0.511. The van der Waals surface area contributed by atoms with Crippen LogP contribution in [0.5, 0.6) is 5.75 Å². The van der Waals surface area contributed by atoms with Crippen molar-refractivity contribution in [3.05, 3.63) is 28.8 Å². The summed E-state index contributed by atoms with van der Waals surface area (Å²) in [5.41, 5.74) is 0.917. The van der Waals surface area contributed by atoms with Gasteiger partial charge in [0.2, 0.25) is 0 Å². The molecular weight excluding hydrogens is 228 g/mol. The van der Waals surface area contributed by atoms with Gasteiger partial charge >= 0.3 is 5.97 Å². The molecule has 3 nitrogen and oxygen atoms in total. The summed E-state index contributed by atoms with van der Waals surface area (Å²) in [7, 11) is 2.97. The van der Waals surface area contributed by atoms with Crippen LogP contribution in [0.15, 0.2) is 18.2 Å². The maximum absolute atomic E-state index is 11.2. The van der Waals surface area contributed by atoms with E-state index in [4.69, 9.17) is 16.3 Å². The van der Waals surface area contributed by atoms with E-state index < -0.39 is 0 Å². The van der Waals surface area contributed by atoms with Gasteiger partial charge in [0.25, 0.3) is 0 Å². The van der Waals surface area contributed by atoms with Crippen molar-refractivity contribution in [2.45, 2.75) is 19.3 Å². The van der Waals surface area contributed by atoms with Crippen molar-refractivity contribution >= 4 is 17.6 Å².